The number of nitrogens with zero attached hydrogens (tertiary/aromatic N) is 1. The number of hydrogen-bond acceptors (Lipinski definition) is 3. The summed E-state index contributed by atoms with van der Waals surface area (Å²) in [5.41, 5.74) is 3.13. The number of carbonyl (C=O) groups is 1. The number of fused-ring (bicyclic) bond motifs is 5. The van der Waals surface area contributed by atoms with Gasteiger partial charge in [-0.15, -0.1) is 0 Å². The highest BCUT2D eigenvalue weighted by atomic mass is 16.5. The predicted octanol–water partition coefficient (Wildman–Crippen LogP) is 7.12. The molecule has 4 heterocycles. The number of likely N-dealkylation sites (N-methyl/N-ethyl adjacent to an activating group) is 1. The van der Waals surface area contributed by atoms with Gasteiger partial charge >= 0.3 is 5.97 Å². The zero-order valence-corrected chi connectivity index (χ0v) is 22.2. The van der Waals surface area contributed by atoms with Crippen molar-refractivity contribution < 1.29 is 18.8 Å². The third-order valence-electron chi connectivity index (χ3n) is 7.84. The topological polar surface area (TPSA) is 35.5 Å². The van der Waals surface area contributed by atoms with E-state index >= 15 is 0 Å². The second kappa shape index (κ2) is 11.7. The van der Waals surface area contributed by atoms with Crippen LogP contribution in [0.3, 0.4) is 0 Å². The lowest BCUT2D eigenvalue weighted by molar-refractivity contribution is -0.944. The van der Waals surface area contributed by atoms with Crippen LogP contribution in [0, 0.1) is 12.8 Å². The monoisotopic (exact) mass is 486 g/mol. The van der Waals surface area contributed by atoms with Gasteiger partial charge in [-0.3, -0.25) is 4.79 Å². The summed E-state index contributed by atoms with van der Waals surface area (Å²) >= 11 is 0. The second-order valence-corrected chi connectivity index (χ2v) is 9.87. The van der Waals surface area contributed by atoms with E-state index in [1.807, 2.05) is 80.6 Å². The van der Waals surface area contributed by atoms with Gasteiger partial charge in [-0.05, 0) is 26.0 Å². The van der Waals surface area contributed by atoms with Gasteiger partial charge in [0.15, 0.2) is 6.10 Å². The molecule has 0 amide bonds. The first-order valence-corrected chi connectivity index (χ1v) is 13.5. The minimum Gasteiger partial charge on any atom is -0.457 e. The van der Waals surface area contributed by atoms with Crippen LogP contribution < -0.4 is 4.74 Å². The molecule has 3 fully saturated rings. The summed E-state index contributed by atoms with van der Waals surface area (Å²) in [6.07, 6.45) is 2.39. The Hall–Kier alpha value is -3.11. The molecule has 3 aromatic rings. The highest BCUT2D eigenvalue weighted by Gasteiger charge is 2.47. The minimum atomic E-state index is -0.406. The Kier molecular flexibility index (Phi) is 8.48. The zero-order chi connectivity index (χ0) is 25.5. The number of quaternary nitrogens is 1. The van der Waals surface area contributed by atoms with Crippen LogP contribution in [0.4, 0.5) is 0 Å². The number of rotatable bonds is 3. The highest BCUT2D eigenvalue weighted by molar-refractivity contribution is 5.85. The minimum absolute atomic E-state index is 0.0436. The molecule has 0 spiro atoms. The molecule has 3 aromatic carbocycles. The van der Waals surface area contributed by atoms with Gasteiger partial charge in [0.1, 0.15) is 24.0 Å². The summed E-state index contributed by atoms with van der Waals surface area (Å²) in [5.74, 6) is 1.49. The lowest BCUT2D eigenvalue weighted by atomic mass is 9.83. The van der Waals surface area contributed by atoms with Gasteiger partial charge in [0.25, 0.3) is 0 Å². The molecule has 0 radical (unpaired) electrons. The number of ether oxygens (including phenoxy) is 2. The van der Waals surface area contributed by atoms with Gasteiger partial charge in [-0.1, -0.05) is 86.1 Å². The molecule has 2 bridgehead atoms. The van der Waals surface area contributed by atoms with Gasteiger partial charge in [-0.2, -0.15) is 0 Å². The molecule has 36 heavy (non-hydrogen) atoms. The molecule has 3 saturated heterocycles. The molecule has 0 unspecified atom stereocenters. The lowest BCUT2D eigenvalue weighted by Gasteiger charge is -2.51. The van der Waals surface area contributed by atoms with E-state index in [0.717, 1.165) is 40.2 Å². The highest BCUT2D eigenvalue weighted by Crippen LogP contribution is 2.45. The number of benzene rings is 3. The second-order valence-electron chi connectivity index (χ2n) is 9.87. The van der Waals surface area contributed by atoms with Crippen LogP contribution in [0.1, 0.15) is 56.2 Å². The zero-order valence-electron chi connectivity index (χ0n) is 22.2. The van der Waals surface area contributed by atoms with Gasteiger partial charge in [-0.25, -0.2) is 0 Å². The number of hydrogen-bond donors (Lipinski definition) is 0. The first-order chi connectivity index (χ1) is 17.6. The average Bonchev–Trinajstić information content (AvgIpc) is 2.94. The average molecular weight is 487 g/mol. The molecule has 1 atom stereocenters. The molecular weight excluding hydrogens is 446 g/mol. The van der Waals surface area contributed by atoms with E-state index in [0.29, 0.717) is 5.92 Å². The maximum Gasteiger partial charge on any atom is 0.318 e. The number of piperidine rings is 3. The third kappa shape index (κ3) is 5.49. The molecule has 190 valence electrons. The molecule has 0 aromatic heterocycles. The van der Waals surface area contributed by atoms with Gasteiger partial charge in [0, 0.05) is 29.9 Å². The summed E-state index contributed by atoms with van der Waals surface area (Å²) in [7, 11) is 0. The van der Waals surface area contributed by atoms with Crippen molar-refractivity contribution >= 4 is 5.97 Å². The fourth-order valence-electron chi connectivity index (χ4n) is 5.71. The van der Waals surface area contributed by atoms with E-state index in [1.54, 1.807) is 0 Å². The van der Waals surface area contributed by atoms with E-state index in [9.17, 15) is 4.79 Å². The number of para-hydroxylation sites is 2. The Balaban J connectivity index is 0.000000290. The van der Waals surface area contributed by atoms with Crippen molar-refractivity contribution in [2.75, 3.05) is 26.2 Å². The van der Waals surface area contributed by atoms with Gasteiger partial charge in [0.2, 0.25) is 0 Å². The molecule has 0 N–H and O–H groups in total. The Morgan fingerprint density at radius 2 is 1.39 bits per heavy atom. The lowest BCUT2D eigenvalue weighted by Crippen LogP contribution is -2.64. The molecule has 4 aliphatic heterocycles. The van der Waals surface area contributed by atoms with E-state index in [-0.39, 0.29) is 12.1 Å². The molecule has 4 aliphatic rings. The summed E-state index contributed by atoms with van der Waals surface area (Å²) in [5, 5.41) is 0. The Bertz CT molecular complexity index is 1090. The fourth-order valence-corrected chi connectivity index (χ4v) is 5.71. The van der Waals surface area contributed by atoms with Crippen LogP contribution in [0.2, 0.25) is 0 Å². The summed E-state index contributed by atoms with van der Waals surface area (Å²) in [6, 6.07) is 25.9. The summed E-state index contributed by atoms with van der Waals surface area (Å²) in [6.45, 7) is 12.9. The Morgan fingerprint density at radius 3 is 1.89 bits per heavy atom. The van der Waals surface area contributed by atoms with Crippen LogP contribution in [0.5, 0.6) is 11.5 Å². The van der Waals surface area contributed by atoms with Crippen molar-refractivity contribution in [1.29, 1.82) is 0 Å². The maximum absolute atomic E-state index is 13.4. The van der Waals surface area contributed by atoms with Crippen molar-refractivity contribution in [2.45, 2.75) is 52.6 Å². The summed E-state index contributed by atoms with van der Waals surface area (Å²) < 4.78 is 13.3. The Morgan fingerprint density at radius 1 is 0.861 bits per heavy atom. The predicted molar refractivity (Wildman–Crippen MR) is 145 cm³/mol. The number of carbonyl (C=O) groups excluding carboxylic acids is 1. The van der Waals surface area contributed by atoms with Crippen LogP contribution in [-0.4, -0.2) is 42.7 Å². The van der Waals surface area contributed by atoms with E-state index in [4.69, 9.17) is 9.47 Å². The van der Waals surface area contributed by atoms with Crippen molar-refractivity contribution in [3.05, 3.63) is 95.6 Å². The van der Waals surface area contributed by atoms with Crippen LogP contribution >= 0.6 is 0 Å². The number of aryl methyl sites for hydroxylation is 1. The van der Waals surface area contributed by atoms with Crippen molar-refractivity contribution in [2.24, 2.45) is 5.92 Å². The molecule has 4 heteroatoms. The first-order valence-electron chi connectivity index (χ1n) is 13.5. The molecular formula is C32H40NO3+. The van der Waals surface area contributed by atoms with Crippen LogP contribution in [0.25, 0.3) is 0 Å². The van der Waals surface area contributed by atoms with Gasteiger partial charge in [0.05, 0.1) is 19.6 Å². The number of esters is 1. The summed E-state index contributed by atoms with van der Waals surface area (Å²) in [4.78, 5) is 13.4. The Labute approximate surface area is 216 Å². The van der Waals surface area contributed by atoms with E-state index < -0.39 is 5.92 Å². The van der Waals surface area contributed by atoms with Crippen molar-refractivity contribution in [3.63, 3.8) is 0 Å². The van der Waals surface area contributed by atoms with Gasteiger partial charge < -0.3 is 14.0 Å². The van der Waals surface area contributed by atoms with Crippen molar-refractivity contribution in [3.8, 4) is 11.5 Å². The van der Waals surface area contributed by atoms with E-state index in [2.05, 4.69) is 26.0 Å². The molecule has 0 aliphatic carbocycles. The SMILES string of the molecule is CC.CC[N+]12CCC(CC1)[C@@H](OC(=O)C1c3ccccc3Oc3ccccc31)C2.Cc1ccccc1. The largest absolute Gasteiger partial charge is 0.457 e. The van der Waals surface area contributed by atoms with Crippen LogP contribution in [-0.2, 0) is 9.53 Å². The normalized spacial score (nSPS) is 23.4. The third-order valence-corrected chi connectivity index (χ3v) is 7.84. The quantitative estimate of drug-likeness (QED) is 0.292. The standard InChI is InChI=1S/C23H26NO3.C7H8.C2H6/c1-2-24-13-11-16(12-14-24)21(15-24)27-23(25)22-17-7-3-5-9-19(17)26-20-10-6-4-8-18(20)22;1-7-5-3-2-4-6-7;1-2/h3-10,16,21-22H,2,11-15H2,1H3;2-6H,1H3;1-2H3/q+1;;/t16?,21-,24?;;/m0../s1. The fraction of sp³-hybridized carbons (Fsp3) is 0.406. The first kappa shape index (κ1) is 26.0. The van der Waals surface area contributed by atoms with Crippen molar-refractivity contribution in [1.82, 2.24) is 0 Å². The smallest absolute Gasteiger partial charge is 0.318 e. The van der Waals surface area contributed by atoms with Crippen LogP contribution in [0.15, 0.2) is 78.9 Å². The molecule has 7 rings (SSSR count). The molecule has 0 saturated carbocycles. The van der Waals surface area contributed by atoms with E-state index in [1.165, 1.54) is 31.5 Å². The molecule has 4 nitrogen and oxygen atoms in total. The maximum atomic E-state index is 13.4.